The quantitative estimate of drug-likeness (QED) is 0.645. The third kappa shape index (κ3) is 2.55. The van der Waals surface area contributed by atoms with E-state index in [1.807, 2.05) is 0 Å². The van der Waals surface area contributed by atoms with Gasteiger partial charge in [-0.05, 0) is 6.07 Å². The molecule has 0 fully saturated rings. The highest BCUT2D eigenvalue weighted by molar-refractivity contribution is 6.02. The number of rotatable bonds is 3. The van der Waals surface area contributed by atoms with Crippen LogP contribution in [0.1, 0.15) is 20.8 Å². The van der Waals surface area contributed by atoms with E-state index in [9.17, 15) is 14.4 Å². The van der Waals surface area contributed by atoms with E-state index in [-0.39, 0.29) is 22.6 Å². The molecule has 0 bridgehead atoms. The highest BCUT2D eigenvalue weighted by atomic mass is 16.5. The van der Waals surface area contributed by atoms with Crippen LogP contribution >= 0.6 is 0 Å². The van der Waals surface area contributed by atoms with Crippen LogP contribution in [-0.4, -0.2) is 45.7 Å². The van der Waals surface area contributed by atoms with Gasteiger partial charge in [-0.2, -0.15) is 5.10 Å². The second kappa shape index (κ2) is 6.19. The van der Waals surface area contributed by atoms with Crippen LogP contribution in [-0.2, 0) is 16.5 Å². The van der Waals surface area contributed by atoms with Gasteiger partial charge in [-0.3, -0.25) is 4.79 Å². The Kier molecular flexibility index (Phi) is 4.05. The lowest BCUT2D eigenvalue weighted by Gasteiger charge is -2.10. The molecule has 0 saturated heterocycles. The number of nitrogens with zero attached hydrogens (tertiary/aromatic N) is 4. The van der Waals surface area contributed by atoms with E-state index in [4.69, 9.17) is 4.74 Å². The molecule has 0 aliphatic rings. The highest BCUT2D eigenvalue weighted by Gasteiger charge is 2.27. The molecular formula is C16H14N4O5. The largest absolute Gasteiger partial charge is 0.465 e. The van der Waals surface area contributed by atoms with E-state index in [2.05, 4.69) is 14.9 Å². The highest BCUT2D eigenvalue weighted by Crippen LogP contribution is 2.21. The fraction of sp³-hybridized carbons (Fsp3) is 0.188. The summed E-state index contributed by atoms with van der Waals surface area (Å²) in [5.41, 5.74) is -0.487. The average Bonchev–Trinajstić information content (AvgIpc) is 3.08. The molecule has 0 amide bonds. The van der Waals surface area contributed by atoms with Crippen LogP contribution < -0.4 is 5.56 Å². The fourth-order valence-corrected chi connectivity index (χ4v) is 2.50. The number of carbonyl (C=O) groups excluding carboxylic acids is 2. The fourth-order valence-electron chi connectivity index (χ4n) is 2.50. The molecule has 25 heavy (non-hydrogen) atoms. The lowest BCUT2D eigenvalue weighted by atomic mass is 10.2. The Labute approximate surface area is 141 Å². The minimum atomic E-state index is -0.780. The molecule has 3 rings (SSSR count). The van der Waals surface area contributed by atoms with E-state index >= 15 is 0 Å². The van der Waals surface area contributed by atoms with Gasteiger partial charge in [-0.1, -0.05) is 18.2 Å². The monoisotopic (exact) mass is 342 g/mol. The molecule has 128 valence electrons. The van der Waals surface area contributed by atoms with E-state index in [0.29, 0.717) is 10.8 Å². The van der Waals surface area contributed by atoms with Crippen LogP contribution in [0.15, 0.2) is 35.3 Å². The number of methoxy groups -OCH3 is 2. The summed E-state index contributed by atoms with van der Waals surface area (Å²) < 4.78 is 11.7. The number of aromatic nitrogens is 4. The summed E-state index contributed by atoms with van der Waals surface area (Å²) in [7, 11) is 3.87. The Hall–Kier alpha value is -3.49. The third-order valence-corrected chi connectivity index (χ3v) is 3.69. The van der Waals surface area contributed by atoms with Gasteiger partial charge in [0.15, 0.2) is 11.5 Å². The molecule has 1 aromatic carbocycles. The van der Waals surface area contributed by atoms with Crippen molar-refractivity contribution < 1.29 is 19.1 Å². The van der Waals surface area contributed by atoms with Crippen molar-refractivity contribution in [3.8, 4) is 5.82 Å². The molecule has 9 nitrogen and oxygen atoms in total. The number of aryl methyl sites for hydroxylation is 1. The second-order valence-corrected chi connectivity index (χ2v) is 5.10. The maximum absolute atomic E-state index is 12.3. The van der Waals surface area contributed by atoms with Gasteiger partial charge in [-0.15, -0.1) is 5.10 Å². The lowest BCUT2D eigenvalue weighted by Crippen LogP contribution is -2.24. The zero-order chi connectivity index (χ0) is 18.1. The Morgan fingerprint density at radius 1 is 1.04 bits per heavy atom. The number of fused-ring (bicyclic) bond motifs is 1. The van der Waals surface area contributed by atoms with Crippen LogP contribution in [0.5, 0.6) is 0 Å². The molecule has 0 saturated carbocycles. The van der Waals surface area contributed by atoms with Crippen LogP contribution in [0.4, 0.5) is 0 Å². The average molecular weight is 342 g/mol. The van der Waals surface area contributed by atoms with E-state index in [1.54, 1.807) is 24.3 Å². The third-order valence-electron chi connectivity index (χ3n) is 3.69. The minimum Gasteiger partial charge on any atom is -0.465 e. The number of benzene rings is 1. The Morgan fingerprint density at radius 3 is 2.32 bits per heavy atom. The molecule has 0 aliphatic heterocycles. The van der Waals surface area contributed by atoms with E-state index in [0.717, 1.165) is 4.68 Å². The van der Waals surface area contributed by atoms with Crippen molar-refractivity contribution in [2.75, 3.05) is 14.2 Å². The van der Waals surface area contributed by atoms with Crippen molar-refractivity contribution in [1.82, 2.24) is 19.6 Å². The lowest BCUT2D eigenvalue weighted by molar-refractivity contribution is 0.0549. The number of ether oxygens (including phenoxy) is 2. The van der Waals surface area contributed by atoms with Gasteiger partial charge in [-0.25, -0.2) is 19.0 Å². The summed E-state index contributed by atoms with van der Waals surface area (Å²) >= 11 is 0. The maximum atomic E-state index is 12.3. The molecule has 0 N–H and O–H groups in total. The van der Waals surface area contributed by atoms with Crippen molar-refractivity contribution in [3.05, 3.63) is 52.1 Å². The van der Waals surface area contributed by atoms with Crippen LogP contribution in [0.3, 0.4) is 0 Å². The molecule has 0 aliphatic carbocycles. The van der Waals surface area contributed by atoms with Crippen LogP contribution in [0.25, 0.3) is 16.6 Å². The smallest absolute Gasteiger partial charge is 0.357 e. The van der Waals surface area contributed by atoms with E-state index in [1.165, 1.54) is 32.1 Å². The molecule has 0 radical (unpaired) electrons. The first-order chi connectivity index (χ1) is 12.0. The standard InChI is InChI=1S/C16H14N4O5/c1-19-14(21)10-7-5-4-6-9(10)13(18-19)20-12(16(23)25-3)11(8-17-20)15(22)24-2/h4-8H,1-3H3. The first-order valence-corrected chi connectivity index (χ1v) is 7.20. The summed E-state index contributed by atoms with van der Waals surface area (Å²) in [5, 5.41) is 9.16. The molecule has 9 heteroatoms. The molecule has 0 unspecified atom stereocenters. The number of carbonyl (C=O) groups is 2. The van der Waals surface area contributed by atoms with Gasteiger partial charge in [0.05, 0.1) is 25.8 Å². The predicted octanol–water partition coefficient (Wildman–Crippen LogP) is 0.692. The Balaban J connectivity index is 2.38. The van der Waals surface area contributed by atoms with Gasteiger partial charge in [0.25, 0.3) is 5.56 Å². The molecule has 0 spiro atoms. The van der Waals surface area contributed by atoms with Crippen molar-refractivity contribution in [3.63, 3.8) is 0 Å². The summed E-state index contributed by atoms with van der Waals surface area (Å²) in [6.45, 7) is 0. The summed E-state index contributed by atoms with van der Waals surface area (Å²) in [6, 6.07) is 6.78. The zero-order valence-corrected chi connectivity index (χ0v) is 13.7. The molecule has 0 atom stereocenters. The summed E-state index contributed by atoms with van der Waals surface area (Å²) in [5.74, 6) is -1.30. The normalized spacial score (nSPS) is 10.7. The van der Waals surface area contributed by atoms with Gasteiger partial charge in [0.2, 0.25) is 0 Å². The second-order valence-electron chi connectivity index (χ2n) is 5.10. The Morgan fingerprint density at radius 2 is 1.68 bits per heavy atom. The van der Waals surface area contributed by atoms with Gasteiger partial charge >= 0.3 is 11.9 Å². The zero-order valence-electron chi connectivity index (χ0n) is 13.7. The molecule has 3 aromatic rings. The first kappa shape index (κ1) is 16.4. The van der Waals surface area contributed by atoms with Crippen molar-refractivity contribution in [1.29, 1.82) is 0 Å². The SMILES string of the molecule is COC(=O)c1cnn(-c2nn(C)c(=O)c3ccccc23)c1C(=O)OC. The Bertz CT molecular complexity index is 1050. The van der Waals surface area contributed by atoms with E-state index < -0.39 is 11.9 Å². The van der Waals surface area contributed by atoms with Gasteiger partial charge < -0.3 is 9.47 Å². The van der Waals surface area contributed by atoms with Crippen molar-refractivity contribution >= 4 is 22.7 Å². The molecular weight excluding hydrogens is 328 g/mol. The minimum absolute atomic E-state index is 0.0610. The predicted molar refractivity (Wildman–Crippen MR) is 86.8 cm³/mol. The van der Waals surface area contributed by atoms with Gasteiger partial charge in [0.1, 0.15) is 5.56 Å². The van der Waals surface area contributed by atoms with Crippen molar-refractivity contribution in [2.24, 2.45) is 7.05 Å². The molecule has 2 heterocycles. The summed E-state index contributed by atoms with van der Waals surface area (Å²) in [6.07, 6.45) is 1.19. The first-order valence-electron chi connectivity index (χ1n) is 7.20. The topological polar surface area (TPSA) is 105 Å². The summed E-state index contributed by atoms with van der Waals surface area (Å²) in [4.78, 5) is 36.4. The van der Waals surface area contributed by atoms with Crippen LogP contribution in [0.2, 0.25) is 0 Å². The number of esters is 2. The molecule has 2 aromatic heterocycles. The van der Waals surface area contributed by atoms with Gasteiger partial charge in [0, 0.05) is 12.4 Å². The van der Waals surface area contributed by atoms with Crippen LogP contribution in [0, 0.1) is 0 Å². The number of hydrogen-bond donors (Lipinski definition) is 0. The maximum Gasteiger partial charge on any atom is 0.357 e. The van der Waals surface area contributed by atoms with Crippen molar-refractivity contribution in [2.45, 2.75) is 0 Å². The number of hydrogen-bond acceptors (Lipinski definition) is 7.